The highest BCUT2D eigenvalue weighted by Gasteiger charge is 2.40. The fourth-order valence-electron chi connectivity index (χ4n) is 4.97. The molecule has 0 spiro atoms. The van der Waals surface area contributed by atoms with Crippen LogP contribution in [0.1, 0.15) is 37.1 Å². The summed E-state index contributed by atoms with van der Waals surface area (Å²) in [5, 5.41) is 4.91. The highest BCUT2D eigenvalue weighted by atomic mass is 32.2. The van der Waals surface area contributed by atoms with Gasteiger partial charge in [0.2, 0.25) is 11.8 Å². The maximum absolute atomic E-state index is 13.8. The van der Waals surface area contributed by atoms with Gasteiger partial charge in [0.25, 0.3) is 0 Å². The summed E-state index contributed by atoms with van der Waals surface area (Å²) in [7, 11) is 1.66. The number of benzene rings is 2. The molecule has 2 aliphatic heterocycles. The van der Waals surface area contributed by atoms with E-state index in [9.17, 15) is 9.59 Å². The Morgan fingerprint density at radius 2 is 1.76 bits per heavy atom. The molecule has 2 aromatic carbocycles. The third kappa shape index (κ3) is 5.05. The van der Waals surface area contributed by atoms with Gasteiger partial charge < -0.3 is 14.4 Å². The Kier molecular flexibility index (Phi) is 7.49. The Hall–Kier alpha value is -3.30. The first kappa shape index (κ1) is 26.3. The van der Waals surface area contributed by atoms with Crippen molar-refractivity contribution in [2.75, 3.05) is 50.6 Å². The second kappa shape index (κ2) is 10.8. The number of thioether (sulfide) groups is 1. The molecule has 3 aromatic rings. The molecule has 1 aromatic heterocycles. The molecule has 2 amide bonds. The van der Waals surface area contributed by atoms with Gasteiger partial charge in [-0.3, -0.25) is 14.5 Å². The Labute approximate surface area is 227 Å². The molecular formula is C29H34N4O4S. The van der Waals surface area contributed by atoms with Crippen molar-refractivity contribution in [1.82, 2.24) is 14.7 Å². The molecule has 8 nitrogen and oxygen atoms in total. The van der Waals surface area contributed by atoms with Gasteiger partial charge in [-0.1, -0.05) is 48.5 Å². The third-order valence-electron chi connectivity index (χ3n) is 6.85. The van der Waals surface area contributed by atoms with E-state index < -0.39 is 5.54 Å². The van der Waals surface area contributed by atoms with Crippen LogP contribution in [0.25, 0.3) is 11.3 Å². The third-order valence-corrected chi connectivity index (χ3v) is 8.09. The van der Waals surface area contributed by atoms with E-state index in [0.717, 1.165) is 28.1 Å². The zero-order valence-corrected chi connectivity index (χ0v) is 23.2. The first-order valence-electron chi connectivity index (χ1n) is 12.9. The first-order chi connectivity index (χ1) is 18.3. The second-order valence-electron chi connectivity index (χ2n) is 10.4. The van der Waals surface area contributed by atoms with Crippen LogP contribution in [-0.2, 0) is 19.9 Å². The van der Waals surface area contributed by atoms with Gasteiger partial charge in [-0.05, 0) is 26.8 Å². The lowest BCUT2D eigenvalue weighted by molar-refractivity contribution is -0.134. The van der Waals surface area contributed by atoms with E-state index in [1.165, 1.54) is 0 Å². The molecule has 1 unspecified atom stereocenters. The Morgan fingerprint density at radius 1 is 1.08 bits per heavy atom. The van der Waals surface area contributed by atoms with Crippen molar-refractivity contribution >= 4 is 29.4 Å². The number of hydrogen-bond donors (Lipinski definition) is 0. The summed E-state index contributed by atoms with van der Waals surface area (Å²) in [6.07, 6.45) is 0. The van der Waals surface area contributed by atoms with Crippen molar-refractivity contribution in [1.29, 1.82) is 0 Å². The highest BCUT2D eigenvalue weighted by molar-refractivity contribution is 8.00. The Morgan fingerprint density at radius 3 is 2.45 bits per heavy atom. The summed E-state index contributed by atoms with van der Waals surface area (Å²) in [6, 6.07) is 18.0. The number of para-hydroxylation sites is 1. The van der Waals surface area contributed by atoms with E-state index >= 15 is 0 Å². The fraction of sp³-hybridized carbons (Fsp3) is 0.414. The number of carbonyl (C=O) groups is 2. The molecule has 0 radical (unpaired) electrons. The summed E-state index contributed by atoms with van der Waals surface area (Å²) < 4.78 is 13.1. The Balaban J connectivity index is 1.73. The SMILES string of the molecule is COc1ccccc1C1SCC(=O)N(CC(=O)N2CCOCC2)c2c1c(-c1ccccc1)nn2C(C)(C)C. The minimum atomic E-state index is -0.446. The van der Waals surface area contributed by atoms with E-state index in [-0.39, 0.29) is 29.4 Å². The minimum absolute atomic E-state index is 0.0406. The van der Waals surface area contributed by atoms with Crippen molar-refractivity contribution in [2.24, 2.45) is 0 Å². The molecule has 3 heterocycles. The average Bonchev–Trinajstić information content (AvgIpc) is 3.27. The molecule has 200 valence electrons. The molecule has 0 bridgehead atoms. The number of rotatable bonds is 5. The zero-order valence-electron chi connectivity index (χ0n) is 22.3. The highest BCUT2D eigenvalue weighted by Crippen LogP contribution is 2.50. The molecular weight excluding hydrogens is 500 g/mol. The predicted molar refractivity (Wildman–Crippen MR) is 150 cm³/mol. The lowest BCUT2D eigenvalue weighted by atomic mass is 9.98. The largest absolute Gasteiger partial charge is 0.496 e. The number of carbonyl (C=O) groups excluding carboxylic acids is 2. The number of nitrogens with zero attached hydrogens (tertiary/aromatic N) is 4. The molecule has 1 atom stereocenters. The number of methoxy groups -OCH3 is 1. The van der Waals surface area contributed by atoms with E-state index in [2.05, 4.69) is 20.8 Å². The molecule has 0 saturated carbocycles. The summed E-state index contributed by atoms with van der Waals surface area (Å²) in [5.74, 6) is 1.45. The van der Waals surface area contributed by atoms with Gasteiger partial charge >= 0.3 is 0 Å². The van der Waals surface area contributed by atoms with Gasteiger partial charge in [0, 0.05) is 29.8 Å². The van der Waals surface area contributed by atoms with Crippen molar-refractivity contribution in [3.8, 4) is 17.0 Å². The van der Waals surface area contributed by atoms with Crippen LogP contribution in [0.2, 0.25) is 0 Å². The van der Waals surface area contributed by atoms with Crippen LogP contribution in [0, 0.1) is 0 Å². The van der Waals surface area contributed by atoms with Gasteiger partial charge in [-0.15, -0.1) is 11.8 Å². The molecule has 0 aliphatic carbocycles. The van der Waals surface area contributed by atoms with Crippen LogP contribution in [0.4, 0.5) is 5.82 Å². The standard InChI is InChI=1S/C29H34N4O4S/c1-29(2,3)33-28-25(26(30-33)20-10-6-5-7-11-20)27(21-12-8-9-13-22(21)36-4)38-19-24(35)32(28)18-23(34)31-14-16-37-17-15-31/h5-13,27H,14-19H2,1-4H3. The van der Waals surface area contributed by atoms with E-state index in [1.807, 2.05) is 59.3 Å². The fourth-order valence-corrected chi connectivity index (χ4v) is 6.20. The number of hydrogen-bond acceptors (Lipinski definition) is 6. The van der Waals surface area contributed by atoms with Gasteiger partial charge in [0.1, 0.15) is 18.1 Å². The number of ether oxygens (including phenoxy) is 2. The molecule has 38 heavy (non-hydrogen) atoms. The topological polar surface area (TPSA) is 76.9 Å². The summed E-state index contributed by atoms with van der Waals surface area (Å²) in [6.45, 7) is 8.23. The molecule has 0 N–H and O–H groups in total. The van der Waals surface area contributed by atoms with Gasteiger partial charge in [-0.25, -0.2) is 4.68 Å². The maximum atomic E-state index is 13.8. The van der Waals surface area contributed by atoms with Gasteiger partial charge in [-0.2, -0.15) is 5.10 Å². The maximum Gasteiger partial charge on any atom is 0.242 e. The van der Waals surface area contributed by atoms with Crippen molar-refractivity contribution in [3.63, 3.8) is 0 Å². The molecule has 2 aliphatic rings. The molecule has 5 rings (SSSR count). The normalized spacial score (nSPS) is 18.2. The zero-order chi connectivity index (χ0) is 26.9. The van der Waals surface area contributed by atoms with E-state index in [1.54, 1.807) is 28.7 Å². The quantitative estimate of drug-likeness (QED) is 0.485. The van der Waals surface area contributed by atoms with Crippen LogP contribution in [0.15, 0.2) is 54.6 Å². The molecule has 1 saturated heterocycles. The number of anilines is 1. The number of morpholine rings is 1. The Bertz CT molecular complexity index is 1310. The second-order valence-corrected chi connectivity index (χ2v) is 11.5. The lowest BCUT2D eigenvalue weighted by Crippen LogP contribution is -2.48. The minimum Gasteiger partial charge on any atom is -0.496 e. The number of aromatic nitrogens is 2. The van der Waals surface area contributed by atoms with Crippen LogP contribution >= 0.6 is 11.8 Å². The molecule has 1 fully saturated rings. The van der Waals surface area contributed by atoms with Crippen LogP contribution in [0.5, 0.6) is 5.75 Å². The summed E-state index contributed by atoms with van der Waals surface area (Å²) in [4.78, 5) is 30.7. The van der Waals surface area contributed by atoms with Crippen molar-refractivity contribution < 1.29 is 19.1 Å². The predicted octanol–water partition coefficient (Wildman–Crippen LogP) is 4.34. The van der Waals surface area contributed by atoms with Crippen LogP contribution in [-0.4, -0.2) is 72.2 Å². The number of fused-ring (bicyclic) bond motifs is 1. The smallest absolute Gasteiger partial charge is 0.242 e. The lowest BCUT2D eigenvalue weighted by Gasteiger charge is -2.32. The van der Waals surface area contributed by atoms with Gasteiger partial charge in [0.15, 0.2) is 0 Å². The van der Waals surface area contributed by atoms with Crippen LogP contribution in [0.3, 0.4) is 0 Å². The van der Waals surface area contributed by atoms with Gasteiger partial charge in [0.05, 0.1) is 42.6 Å². The van der Waals surface area contributed by atoms with Crippen molar-refractivity contribution in [2.45, 2.75) is 31.6 Å². The molecule has 9 heteroatoms. The summed E-state index contributed by atoms with van der Waals surface area (Å²) >= 11 is 1.55. The van der Waals surface area contributed by atoms with E-state index in [4.69, 9.17) is 14.6 Å². The number of amides is 2. The monoisotopic (exact) mass is 534 g/mol. The summed E-state index contributed by atoms with van der Waals surface area (Å²) in [5.41, 5.74) is 3.21. The first-order valence-corrected chi connectivity index (χ1v) is 13.9. The average molecular weight is 535 g/mol. The van der Waals surface area contributed by atoms with Crippen molar-refractivity contribution in [3.05, 3.63) is 65.7 Å². The van der Waals surface area contributed by atoms with Crippen LogP contribution < -0.4 is 9.64 Å². The van der Waals surface area contributed by atoms with E-state index in [0.29, 0.717) is 32.1 Å².